The van der Waals surface area contributed by atoms with Crippen molar-refractivity contribution in [1.82, 2.24) is 10.3 Å². The number of carbonyl (C=O) groups is 1. The van der Waals surface area contributed by atoms with Gasteiger partial charge in [-0.15, -0.1) is 0 Å². The number of ether oxygens (including phenoxy) is 1. The predicted molar refractivity (Wildman–Crippen MR) is 109 cm³/mol. The number of hydrogen-bond donors (Lipinski definition) is 1. The number of nitrogens with one attached hydrogen (secondary N) is 1. The van der Waals surface area contributed by atoms with Crippen LogP contribution in [-0.4, -0.2) is 24.0 Å². The molecule has 0 saturated heterocycles. The molecule has 0 saturated carbocycles. The van der Waals surface area contributed by atoms with Crippen LogP contribution in [-0.2, 0) is 16.0 Å². The molecule has 1 heterocycles. The fourth-order valence-electron chi connectivity index (χ4n) is 2.86. The highest BCUT2D eigenvalue weighted by Gasteiger charge is 2.09. The van der Waals surface area contributed by atoms with Gasteiger partial charge in [-0.2, -0.15) is 0 Å². The molecule has 0 aliphatic heterocycles. The number of halogens is 1. The SMILES string of the molecule is C[C@H](OCCCNC(=O)CCc1ncc(-c2ccc(F)cc2)o1)c1ccccc1. The number of hydrogen-bond acceptors (Lipinski definition) is 4. The number of rotatable bonds is 10. The highest BCUT2D eigenvalue weighted by atomic mass is 19.1. The molecule has 0 bridgehead atoms. The van der Waals surface area contributed by atoms with Gasteiger partial charge < -0.3 is 14.5 Å². The first-order valence-electron chi connectivity index (χ1n) is 9.75. The van der Waals surface area contributed by atoms with Gasteiger partial charge in [0.1, 0.15) is 5.82 Å². The molecular formula is C23H25FN2O3. The lowest BCUT2D eigenvalue weighted by Crippen LogP contribution is -2.25. The van der Waals surface area contributed by atoms with Gasteiger partial charge in [-0.05, 0) is 43.2 Å². The quantitative estimate of drug-likeness (QED) is 0.505. The minimum absolute atomic E-state index is 0.0345. The summed E-state index contributed by atoms with van der Waals surface area (Å²) in [5.74, 6) is 0.692. The van der Waals surface area contributed by atoms with Gasteiger partial charge in [0.2, 0.25) is 5.91 Å². The van der Waals surface area contributed by atoms with Crippen molar-refractivity contribution in [2.24, 2.45) is 0 Å². The molecule has 0 aliphatic rings. The minimum Gasteiger partial charge on any atom is -0.441 e. The second kappa shape index (κ2) is 10.5. The summed E-state index contributed by atoms with van der Waals surface area (Å²) in [5, 5.41) is 2.88. The molecule has 0 fully saturated rings. The van der Waals surface area contributed by atoms with Crippen LogP contribution in [0.3, 0.4) is 0 Å². The first-order chi connectivity index (χ1) is 14.1. The van der Waals surface area contributed by atoms with E-state index in [4.69, 9.17) is 9.15 Å². The van der Waals surface area contributed by atoms with Gasteiger partial charge in [-0.1, -0.05) is 30.3 Å². The van der Waals surface area contributed by atoms with Gasteiger partial charge in [-0.25, -0.2) is 9.37 Å². The van der Waals surface area contributed by atoms with Crippen LogP contribution >= 0.6 is 0 Å². The van der Waals surface area contributed by atoms with Gasteiger partial charge >= 0.3 is 0 Å². The topological polar surface area (TPSA) is 64.4 Å². The van der Waals surface area contributed by atoms with E-state index in [1.807, 2.05) is 37.3 Å². The molecule has 1 atom stereocenters. The zero-order valence-corrected chi connectivity index (χ0v) is 16.4. The predicted octanol–water partition coefficient (Wildman–Crippen LogP) is 4.70. The first-order valence-corrected chi connectivity index (χ1v) is 9.75. The number of aryl methyl sites for hydroxylation is 1. The van der Waals surface area contributed by atoms with Crippen LogP contribution in [0.15, 0.2) is 65.2 Å². The first kappa shape index (κ1) is 20.7. The number of benzene rings is 2. The maximum absolute atomic E-state index is 13.0. The van der Waals surface area contributed by atoms with E-state index in [0.29, 0.717) is 37.6 Å². The average Bonchev–Trinajstić information content (AvgIpc) is 3.22. The van der Waals surface area contributed by atoms with Gasteiger partial charge in [0.15, 0.2) is 11.7 Å². The molecule has 1 N–H and O–H groups in total. The summed E-state index contributed by atoms with van der Waals surface area (Å²) >= 11 is 0. The maximum Gasteiger partial charge on any atom is 0.220 e. The van der Waals surface area contributed by atoms with E-state index in [-0.39, 0.29) is 17.8 Å². The van der Waals surface area contributed by atoms with Crippen molar-refractivity contribution >= 4 is 5.91 Å². The molecule has 3 aromatic rings. The normalized spacial score (nSPS) is 11.9. The zero-order chi connectivity index (χ0) is 20.5. The smallest absolute Gasteiger partial charge is 0.220 e. The van der Waals surface area contributed by atoms with Gasteiger partial charge in [-0.3, -0.25) is 4.79 Å². The number of oxazole rings is 1. The van der Waals surface area contributed by atoms with Crippen molar-refractivity contribution in [1.29, 1.82) is 0 Å². The molecule has 1 amide bonds. The third-order valence-electron chi connectivity index (χ3n) is 4.53. The van der Waals surface area contributed by atoms with Crippen molar-refractivity contribution in [2.75, 3.05) is 13.2 Å². The van der Waals surface area contributed by atoms with Gasteiger partial charge in [0.25, 0.3) is 0 Å². The van der Waals surface area contributed by atoms with E-state index >= 15 is 0 Å². The lowest BCUT2D eigenvalue weighted by atomic mass is 10.1. The summed E-state index contributed by atoms with van der Waals surface area (Å²) in [5.41, 5.74) is 1.89. The van der Waals surface area contributed by atoms with Gasteiger partial charge in [0.05, 0.1) is 12.3 Å². The summed E-state index contributed by atoms with van der Waals surface area (Å²) in [6.07, 6.45) is 3.08. The summed E-state index contributed by atoms with van der Waals surface area (Å²) < 4.78 is 24.4. The minimum atomic E-state index is -0.301. The summed E-state index contributed by atoms with van der Waals surface area (Å²) in [6.45, 7) is 3.16. The lowest BCUT2D eigenvalue weighted by molar-refractivity contribution is -0.121. The van der Waals surface area contributed by atoms with Gasteiger partial charge in [0, 0.05) is 31.6 Å². The molecule has 29 heavy (non-hydrogen) atoms. The molecule has 5 nitrogen and oxygen atoms in total. The Morgan fingerprint density at radius 3 is 2.69 bits per heavy atom. The molecule has 0 unspecified atom stereocenters. The van der Waals surface area contributed by atoms with Crippen molar-refractivity contribution in [3.8, 4) is 11.3 Å². The van der Waals surface area contributed by atoms with E-state index in [0.717, 1.165) is 17.5 Å². The third kappa shape index (κ3) is 6.54. The van der Waals surface area contributed by atoms with Crippen LogP contribution in [0.5, 0.6) is 0 Å². The molecule has 0 radical (unpaired) electrons. The fraction of sp³-hybridized carbons (Fsp3) is 0.304. The Labute approximate surface area is 169 Å². The van der Waals surface area contributed by atoms with E-state index < -0.39 is 0 Å². The van der Waals surface area contributed by atoms with Crippen LogP contribution < -0.4 is 5.32 Å². The molecule has 152 valence electrons. The van der Waals surface area contributed by atoms with E-state index in [1.54, 1.807) is 18.3 Å². The molecular weight excluding hydrogens is 371 g/mol. The Kier molecular flexibility index (Phi) is 7.53. The molecule has 6 heteroatoms. The monoisotopic (exact) mass is 396 g/mol. The zero-order valence-electron chi connectivity index (χ0n) is 16.4. The van der Waals surface area contributed by atoms with E-state index in [1.165, 1.54) is 12.1 Å². The summed E-state index contributed by atoms with van der Waals surface area (Å²) in [4.78, 5) is 16.2. The summed E-state index contributed by atoms with van der Waals surface area (Å²) in [6, 6.07) is 16.0. The lowest BCUT2D eigenvalue weighted by Gasteiger charge is -2.13. The standard InChI is InChI=1S/C23H25FN2O3/c1-17(18-6-3-2-4-7-18)28-15-5-14-25-22(27)12-13-23-26-16-21(29-23)19-8-10-20(24)11-9-19/h2-4,6-11,16-17H,5,12-15H2,1H3,(H,25,27)/t17-/m0/s1. The average molecular weight is 396 g/mol. The number of aromatic nitrogens is 1. The molecule has 0 aliphatic carbocycles. The molecule has 3 rings (SSSR count). The third-order valence-corrected chi connectivity index (χ3v) is 4.53. The van der Waals surface area contributed by atoms with Crippen LogP contribution in [0.2, 0.25) is 0 Å². The Morgan fingerprint density at radius 2 is 1.93 bits per heavy atom. The van der Waals surface area contributed by atoms with Crippen LogP contribution in [0, 0.1) is 5.82 Å². The van der Waals surface area contributed by atoms with Crippen LogP contribution in [0.4, 0.5) is 4.39 Å². The van der Waals surface area contributed by atoms with Crippen molar-refractivity contribution in [2.45, 2.75) is 32.3 Å². The van der Waals surface area contributed by atoms with Crippen LogP contribution in [0.1, 0.15) is 37.3 Å². The Balaban J connectivity index is 1.32. The Hall–Kier alpha value is -2.99. The molecule has 2 aromatic carbocycles. The summed E-state index contributed by atoms with van der Waals surface area (Å²) in [7, 11) is 0. The van der Waals surface area contributed by atoms with Crippen molar-refractivity contribution in [3.63, 3.8) is 0 Å². The Morgan fingerprint density at radius 1 is 1.17 bits per heavy atom. The van der Waals surface area contributed by atoms with E-state index in [2.05, 4.69) is 10.3 Å². The highest BCUT2D eigenvalue weighted by Crippen LogP contribution is 2.21. The number of amides is 1. The fourth-order valence-corrected chi connectivity index (χ4v) is 2.86. The van der Waals surface area contributed by atoms with Crippen molar-refractivity contribution in [3.05, 3.63) is 78.1 Å². The van der Waals surface area contributed by atoms with E-state index in [9.17, 15) is 9.18 Å². The molecule has 1 aromatic heterocycles. The molecule has 0 spiro atoms. The number of carbonyl (C=O) groups excluding carboxylic acids is 1. The highest BCUT2D eigenvalue weighted by molar-refractivity contribution is 5.76. The largest absolute Gasteiger partial charge is 0.441 e. The second-order valence-electron chi connectivity index (χ2n) is 6.75. The maximum atomic E-state index is 13.0. The number of nitrogens with zero attached hydrogens (tertiary/aromatic N) is 1. The second-order valence-corrected chi connectivity index (χ2v) is 6.75. The Bertz CT molecular complexity index is 894. The van der Waals surface area contributed by atoms with Crippen LogP contribution in [0.25, 0.3) is 11.3 Å². The van der Waals surface area contributed by atoms with Crippen molar-refractivity contribution < 1.29 is 18.3 Å².